The minimum atomic E-state index is 0.341. The molecule has 3 aliphatic rings. The molecule has 3 saturated heterocycles. The first-order valence-electron chi connectivity index (χ1n) is 6.39. The normalized spacial score (nSPS) is 31.2. The zero-order valence-electron chi connectivity index (χ0n) is 10.3. The van der Waals surface area contributed by atoms with Crippen LogP contribution in [0, 0.1) is 5.92 Å². The summed E-state index contributed by atoms with van der Waals surface area (Å²) in [6, 6.07) is 7.93. The van der Waals surface area contributed by atoms with Gasteiger partial charge in [0.2, 0.25) is 0 Å². The second-order valence-corrected chi connectivity index (χ2v) is 4.95. The van der Waals surface area contributed by atoms with Gasteiger partial charge in [-0.25, -0.2) is 0 Å². The predicted octanol–water partition coefficient (Wildman–Crippen LogP) is 2.17. The van der Waals surface area contributed by atoms with Gasteiger partial charge in [-0.1, -0.05) is 12.1 Å². The average Bonchev–Trinajstić information content (AvgIpc) is 2.41. The largest absolute Gasteiger partial charge is 0.493 e. The number of para-hydroxylation sites is 2. The van der Waals surface area contributed by atoms with E-state index in [1.165, 1.54) is 25.9 Å². The number of methoxy groups -OCH3 is 1. The number of piperidine rings is 3. The molecule has 3 heteroatoms. The molecule has 0 aromatic heterocycles. The summed E-state index contributed by atoms with van der Waals surface area (Å²) in [6.45, 7) is 3.57. The Morgan fingerprint density at radius 3 is 2.41 bits per heavy atom. The predicted molar refractivity (Wildman–Crippen MR) is 66.6 cm³/mol. The molecule has 92 valence electrons. The Bertz CT molecular complexity index is 386. The Kier molecular flexibility index (Phi) is 2.93. The van der Waals surface area contributed by atoms with Gasteiger partial charge in [-0.3, -0.25) is 4.90 Å². The quantitative estimate of drug-likeness (QED) is 0.798. The van der Waals surface area contributed by atoms with Crippen LogP contribution in [0.5, 0.6) is 11.5 Å². The van der Waals surface area contributed by atoms with Crippen molar-refractivity contribution >= 4 is 0 Å². The molecule has 0 N–H and O–H groups in total. The number of fused-ring (bicyclic) bond motifs is 3. The maximum absolute atomic E-state index is 6.14. The number of benzene rings is 1. The first-order chi connectivity index (χ1) is 8.36. The zero-order valence-corrected chi connectivity index (χ0v) is 10.3. The van der Waals surface area contributed by atoms with Crippen LogP contribution in [0.3, 0.4) is 0 Å². The molecule has 1 aromatic carbocycles. The number of hydrogen-bond acceptors (Lipinski definition) is 3. The molecule has 3 aliphatic heterocycles. The topological polar surface area (TPSA) is 21.7 Å². The molecule has 2 bridgehead atoms. The van der Waals surface area contributed by atoms with Crippen LogP contribution in [0.4, 0.5) is 0 Å². The highest BCUT2D eigenvalue weighted by molar-refractivity contribution is 5.39. The molecule has 0 amide bonds. The van der Waals surface area contributed by atoms with Gasteiger partial charge < -0.3 is 9.47 Å². The number of hydrogen-bond donors (Lipinski definition) is 0. The van der Waals surface area contributed by atoms with Gasteiger partial charge in [-0.05, 0) is 44.0 Å². The van der Waals surface area contributed by atoms with Crippen molar-refractivity contribution in [3.63, 3.8) is 0 Å². The molecule has 0 spiro atoms. The minimum absolute atomic E-state index is 0.341. The summed E-state index contributed by atoms with van der Waals surface area (Å²) >= 11 is 0. The van der Waals surface area contributed by atoms with Crippen LogP contribution in [0.15, 0.2) is 24.3 Å². The Morgan fingerprint density at radius 1 is 1.12 bits per heavy atom. The van der Waals surface area contributed by atoms with Gasteiger partial charge in [0.15, 0.2) is 11.5 Å². The second-order valence-electron chi connectivity index (χ2n) is 4.95. The maximum Gasteiger partial charge on any atom is 0.161 e. The Labute approximate surface area is 102 Å². The molecule has 0 saturated carbocycles. The molecule has 1 atom stereocenters. The summed E-state index contributed by atoms with van der Waals surface area (Å²) in [4.78, 5) is 2.50. The van der Waals surface area contributed by atoms with E-state index < -0.39 is 0 Å². The highest BCUT2D eigenvalue weighted by atomic mass is 16.5. The van der Waals surface area contributed by atoms with Gasteiger partial charge in [0.05, 0.1) is 7.11 Å². The van der Waals surface area contributed by atoms with Gasteiger partial charge in [0, 0.05) is 6.54 Å². The Balaban J connectivity index is 1.74. The van der Waals surface area contributed by atoms with Crippen LogP contribution in [0.1, 0.15) is 12.8 Å². The lowest BCUT2D eigenvalue weighted by Gasteiger charge is -2.44. The van der Waals surface area contributed by atoms with Crippen molar-refractivity contribution in [2.24, 2.45) is 5.92 Å². The molecule has 17 heavy (non-hydrogen) atoms. The minimum Gasteiger partial charge on any atom is -0.493 e. The van der Waals surface area contributed by atoms with Gasteiger partial charge in [0.25, 0.3) is 0 Å². The fourth-order valence-corrected chi connectivity index (χ4v) is 2.92. The van der Waals surface area contributed by atoms with E-state index >= 15 is 0 Å². The molecule has 4 rings (SSSR count). The van der Waals surface area contributed by atoms with Gasteiger partial charge in [-0.2, -0.15) is 0 Å². The molecular weight excluding hydrogens is 214 g/mol. The fraction of sp³-hybridized carbons (Fsp3) is 0.571. The lowest BCUT2D eigenvalue weighted by Crippen LogP contribution is -2.52. The molecular formula is C14H19NO2. The zero-order chi connectivity index (χ0) is 11.7. The van der Waals surface area contributed by atoms with E-state index in [4.69, 9.17) is 9.47 Å². The molecule has 3 nitrogen and oxygen atoms in total. The van der Waals surface area contributed by atoms with E-state index in [0.29, 0.717) is 6.10 Å². The summed E-state index contributed by atoms with van der Waals surface area (Å²) in [6.07, 6.45) is 2.90. The molecule has 0 radical (unpaired) electrons. The van der Waals surface area contributed by atoms with E-state index in [-0.39, 0.29) is 0 Å². The van der Waals surface area contributed by atoms with Crippen molar-refractivity contribution in [3.8, 4) is 11.5 Å². The SMILES string of the molecule is COc1ccccc1OC1CN2CCC1CC2. The highest BCUT2D eigenvalue weighted by Gasteiger charge is 2.35. The smallest absolute Gasteiger partial charge is 0.161 e. The standard InChI is InChI=1S/C14H19NO2/c1-16-12-4-2-3-5-13(12)17-14-10-15-8-6-11(14)7-9-15/h2-5,11,14H,6-10H2,1H3. The van der Waals surface area contributed by atoms with Crippen molar-refractivity contribution in [1.82, 2.24) is 4.90 Å². The van der Waals surface area contributed by atoms with Crippen LogP contribution in [0.2, 0.25) is 0 Å². The summed E-state index contributed by atoms with van der Waals surface area (Å²) in [5.74, 6) is 2.45. The summed E-state index contributed by atoms with van der Waals surface area (Å²) in [7, 11) is 1.69. The lowest BCUT2D eigenvalue weighted by molar-refractivity contribution is -0.00883. The van der Waals surface area contributed by atoms with Crippen LogP contribution < -0.4 is 9.47 Å². The maximum atomic E-state index is 6.14. The fourth-order valence-electron chi connectivity index (χ4n) is 2.92. The number of rotatable bonds is 3. The second kappa shape index (κ2) is 4.57. The van der Waals surface area contributed by atoms with E-state index in [0.717, 1.165) is 24.0 Å². The summed E-state index contributed by atoms with van der Waals surface area (Å²) in [5, 5.41) is 0. The first-order valence-corrected chi connectivity index (χ1v) is 6.39. The van der Waals surface area contributed by atoms with Crippen LogP contribution in [0.25, 0.3) is 0 Å². The van der Waals surface area contributed by atoms with Crippen molar-refractivity contribution in [1.29, 1.82) is 0 Å². The third-order valence-corrected chi connectivity index (χ3v) is 3.94. The summed E-state index contributed by atoms with van der Waals surface area (Å²) < 4.78 is 11.5. The monoisotopic (exact) mass is 233 g/mol. The molecule has 0 aliphatic carbocycles. The van der Waals surface area contributed by atoms with Gasteiger partial charge in [-0.15, -0.1) is 0 Å². The third-order valence-electron chi connectivity index (χ3n) is 3.94. The van der Waals surface area contributed by atoms with E-state index in [1.54, 1.807) is 7.11 Å². The van der Waals surface area contributed by atoms with Gasteiger partial charge >= 0.3 is 0 Å². The highest BCUT2D eigenvalue weighted by Crippen LogP contribution is 2.34. The van der Waals surface area contributed by atoms with Crippen LogP contribution in [-0.4, -0.2) is 37.7 Å². The van der Waals surface area contributed by atoms with E-state index in [2.05, 4.69) is 4.90 Å². The van der Waals surface area contributed by atoms with Crippen LogP contribution >= 0.6 is 0 Å². The van der Waals surface area contributed by atoms with E-state index in [1.807, 2.05) is 24.3 Å². The third kappa shape index (κ3) is 2.12. The summed E-state index contributed by atoms with van der Waals surface area (Å²) in [5.41, 5.74) is 0. The van der Waals surface area contributed by atoms with Crippen molar-refractivity contribution in [2.75, 3.05) is 26.7 Å². The average molecular weight is 233 g/mol. The van der Waals surface area contributed by atoms with Gasteiger partial charge in [0.1, 0.15) is 6.10 Å². The Hall–Kier alpha value is -1.22. The molecule has 1 aromatic rings. The Morgan fingerprint density at radius 2 is 1.82 bits per heavy atom. The van der Waals surface area contributed by atoms with Crippen molar-refractivity contribution in [2.45, 2.75) is 18.9 Å². The molecule has 3 fully saturated rings. The number of nitrogens with zero attached hydrogens (tertiary/aromatic N) is 1. The lowest BCUT2D eigenvalue weighted by atomic mass is 9.86. The molecule has 3 heterocycles. The van der Waals surface area contributed by atoms with Crippen molar-refractivity contribution in [3.05, 3.63) is 24.3 Å². The van der Waals surface area contributed by atoms with Crippen molar-refractivity contribution < 1.29 is 9.47 Å². The van der Waals surface area contributed by atoms with Crippen LogP contribution in [-0.2, 0) is 0 Å². The first kappa shape index (κ1) is 10.9. The number of ether oxygens (including phenoxy) is 2. The molecule has 1 unspecified atom stereocenters. The van der Waals surface area contributed by atoms with E-state index in [9.17, 15) is 0 Å².